The minimum atomic E-state index is 0.488. The van der Waals surface area contributed by atoms with Gasteiger partial charge in [0.05, 0.1) is 0 Å². The van der Waals surface area contributed by atoms with Crippen LogP contribution in [0.15, 0.2) is 4.99 Å². The maximum Gasteiger partial charge on any atom is 0.191 e. The lowest BCUT2D eigenvalue weighted by Gasteiger charge is -2.16. The molecule has 0 saturated carbocycles. The predicted octanol–water partition coefficient (Wildman–Crippen LogP) is 2.78. The standard InChI is InChI=1S/C13H29N3/c1-6-12(4)16-13(14-5)15-10-8-7-9-11(2)3/h11-12H,6-10H2,1-5H3,(H2,14,15,16). The Labute approximate surface area is 101 Å². The van der Waals surface area contributed by atoms with Gasteiger partial charge in [-0.3, -0.25) is 4.99 Å². The van der Waals surface area contributed by atoms with Gasteiger partial charge in [0.2, 0.25) is 0 Å². The van der Waals surface area contributed by atoms with Crippen LogP contribution in [0.1, 0.15) is 53.4 Å². The molecule has 2 N–H and O–H groups in total. The van der Waals surface area contributed by atoms with Gasteiger partial charge in [-0.05, 0) is 25.7 Å². The van der Waals surface area contributed by atoms with E-state index in [1.165, 1.54) is 19.3 Å². The Morgan fingerprint density at radius 3 is 2.38 bits per heavy atom. The van der Waals surface area contributed by atoms with Crippen LogP contribution in [-0.2, 0) is 0 Å². The average Bonchev–Trinajstić information content (AvgIpc) is 2.26. The zero-order valence-corrected chi connectivity index (χ0v) is 11.6. The maximum absolute atomic E-state index is 4.20. The van der Waals surface area contributed by atoms with Gasteiger partial charge in [0, 0.05) is 19.6 Å². The Bertz CT molecular complexity index is 188. The van der Waals surface area contributed by atoms with Crippen molar-refractivity contribution in [2.45, 2.75) is 59.4 Å². The summed E-state index contributed by atoms with van der Waals surface area (Å²) in [5, 5.41) is 6.70. The summed E-state index contributed by atoms with van der Waals surface area (Å²) in [6.45, 7) is 9.91. The van der Waals surface area contributed by atoms with Crippen molar-refractivity contribution in [2.24, 2.45) is 10.9 Å². The highest BCUT2D eigenvalue weighted by molar-refractivity contribution is 5.79. The Kier molecular flexibility index (Phi) is 9.06. The molecule has 0 aliphatic rings. The van der Waals surface area contributed by atoms with E-state index in [2.05, 4.69) is 43.3 Å². The zero-order chi connectivity index (χ0) is 12.4. The first-order valence-corrected chi connectivity index (χ1v) is 6.57. The molecule has 1 unspecified atom stereocenters. The second kappa shape index (κ2) is 9.49. The summed E-state index contributed by atoms with van der Waals surface area (Å²) in [7, 11) is 1.83. The lowest BCUT2D eigenvalue weighted by Crippen LogP contribution is -2.42. The highest BCUT2D eigenvalue weighted by atomic mass is 15.2. The molecule has 16 heavy (non-hydrogen) atoms. The molecule has 0 aromatic rings. The average molecular weight is 227 g/mol. The number of hydrogen-bond donors (Lipinski definition) is 2. The van der Waals surface area contributed by atoms with Crippen molar-refractivity contribution >= 4 is 5.96 Å². The monoisotopic (exact) mass is 227 g/mol. The first-order valence-electron chi connectivity index (χ1n) is 6.57. The number of guanidine groups is 1. The van der Waals surface area contributed by atoms with Crippen LogP contribution in [0.4, 0.5) is 0 Å². The molecule has 0 fully saturated rings. The van der Waals surface area contributed by atoms with Crippen molar-refractivity contribution in [3.05, 3.63) is 0 Å². The lowest BCUT2D eigenvalue weighted by atomic mass is 10.1. The summed E-state index contributed by atoms with van der Waals surface area (Å²) in [6, 6.07) is 0.488. The van der Waals surface area contributed by atoms with Crippen molar-refractivity contribution in [1.82, 2.24) is 10.6 Å². The summed E-state index contributed by atoms with van der Waals surface area (Å²) in [5.74, 6) is 1.75. The van der Waals surface area contributed by atoms with E-state index >= 15 is 0 Å². The van der Waals surface area contributed by atoms with Gasteiger partial charge >= 0.3 is 0 Å². The molecule has 0 radical (unpaired) electrons. The van der Waals surface area contributed by atoms with Crippen molar-refractivity contribution in [1.29, 1.82) is 0 Å². The van der Waals surface area contributed by atoms with E-state index in [1.807, 2.05) is 7.05 Å². The molecule has 0 heterocycles. The summed E-state index contributed by atoms with van der Waals surface area (Å²) in [4.78, 5) is 4.20. The highest BCUT2D eigenvalue weighted by Crippen LogP contribution is 2.04. The molecule has 3 nitrogen and oxygen atoms in total. The first-order chi connectivity index (χ1) is 7.60. The summed E-state index contributed by atoms with van der Waals surface area (Å²) in [6.07, 6.45) is 4.96. The molecule has 0 aliphatic heterocycles. The summed E-state index contributed by atoms with van der Waals surface area (Å²) in [5.41, 5.74) is 0. The van der Waals surface area contributed by atoms with Crippen LogP contribution in [-0.4, -0.2) is 25.6 Å². The smallest absolute Gasteiger partial charge is 0.191 e. The van der Waals surface area contributed by atoms with Crippen molar-refractivity contribution in [2.75, 3.05) is 13.6 Å². The van der Waals surface area contributed by atoms with E-state index in [9.17, 15) is 0 Å². The van der Waals surface area contributed by atoms with Gasteiger partial charge in [-0.2, -0.15) is 0 Å². The third-order valence-electron chi connectivity index (χ3n) is 2.72. The molecule has 0 rings (SSSR count). The topological polar surface area (TPSA) is 36.4 Å². The molecule has 0 spiro atoms. The quantitative estimate of drug-likeness (QED) is 0.398. The summed E-state index contributed by atoms with van der Waals surface area (Å²) >= 11 is 0. The third-order valence-corrected chi connectivity index (χ3v) is 2.72. The van der Waals surface area contributed by atoms with Crippen molar-refractivity contribution in [3.63, 3.8) is 0 Å². The van der Waals surface area contributed by atoms with Crippen LogP contribution in [0.2, 0.25) is 0 Å². The zero-order valence-electron chi connectivity index (χ0n) is 11.6. The Balaban J connectivity index is 3.57. The fourth-order valence-electron chi connectivity index (χ4n) is 1.41. The molecule has 0 aliphatic carbocycles. The predicted molar refractivity (Wildman–Crippen MR) is 72.9 cm³/mol. The van der Waals surface area contributed by atoms with Gasteiger partial charge in [-0.15, -0.1) is 0 Å². The van der Waals surface area contributed by atoms with Gasteiger partial charge in [0.25, 0.3) is 0 Å². The van der Waals surface area contributed by atoms with Crippen LogP contribution in [0, 0.1) is 5.92 Å². The van der Waals surface area contributed by atoms with E-state index in [-0.39, 0.29) is 0 Å². The maximum atomic E-state index is 4.20. The summed E-state index contributed by atoms with van der Waals surface area (Å²) < 4.78 is 0. The van der Waals surface area contributed by atoms with E-state index in [1.54, 1.807) is 0 Å². The number of nitrogens with zero attached hydrogens (tertiary/aromatic N) is 1. The van der Waals surface area contributed by atoms with Crippen LogP contribution in [0.5, 0.6) is 0 Å². The van der Waals surface area contributed by atoms with Crippen LogP contribution < -0.4 is 10.6 Å². The molecule has 96 valence electrons. The molecule has 3 heteroatoms. The van der Waals surface area contributed by atoms with Gasteiger partial charge in [-0.1, -0.05) is 33.6 Å². The Morgan fingerprint density at radius 2 is 1.88 bits per heavy atom. The van der Waals surface area contributed by atoms with Crippen LogP contribution in [0.3, 0.4) is 0 Å². The molecule has 0 amide bonds. The minimum Gasteiger partial charge on any atom is -0.356 e. The molecule has 0 aromatic carbocycles. The number of hydrogen-bond acceptors (Lipinski definition) is 1. The van der Waals surface area contributed by atoms with Gasteiger partial charge < -0.3 is 10.6 Å². The Morgan fingerprint density at radius 1 is 1.19 bits per heavy atom. The number of rotatable bonds is 7. The van der Waals surface area contributed by atoms with Gasteiger partial charge in [0.15, 0.2) is 5.96 Å². The van der Waals surface area contributed by atoms with E-state index < -0.39 is 0 Å². The normalized spacial score (nSPS) is 14.0. The Hall–Kier alpha value is -0.730. The fourth-order valence-corrected chi connectivity index (χ4v) is 1.41. The number of aliphatic imine (C=N–C) groups is 1. The second-order valence-electron chi connectivity index (χ2n) is 4.84. The minimum absolute atomic E-state index is 0.488. The van der Waals surface area contributed by atoms with E-state index in [4.69, 9.17) is 0 Å². The lowest BCUT2D eigenvalue weighted by molar-refractivity contribution is 0.533. The number of unbranched alkanes of at least 4 members (excludes halogenated alkanes) is 1. The van der Waals surface area contributed by atoms with E-state index in [0.29, 0.717) is 6.04 Å². The van der Waals surface area contributed by atoms with Gasteiger partial charge in [0.1, 0.15) is 0 Å². The van der Waals surface area contributed by atoms with Crippen LogP contribution >= 0.6 is 0 Å². The van der Waals surface area contributed by atoms with Gasteiger partial charge in [-0.25, -0.2) is 0 Å². The highest BCUT2D eigenvalue weighted by Gasteiger charge is 2.01. The third kappa shape index (κ3) is 8.57. The number of nitrogens with one attached hydrogen (secondary N) is 2. The van der Waals surface area contributed by atoms with E-state index in [0.717, 1.165) is 24.8 Å². The SMILES string of the molecule is CCC(C)NC(=NC)NCCCCC(C)C. The molecular formula is C13H29N3. The van der Waals surface area contributed by atoms with Crippen LogP contribution in [0.25, 0.3) is 0 Å². The largest absolute Gasteiger partial charge is 0.356 e. The fraction of sp³-hybridized carbons (Fsp3) is 0.923. The molecule has 0 bridgehead atoms. The van der Waals surface area contributed by atoms with Crippen molar-refractivity contribution in [3.8, 4) is 0 Å². The molecule has 0 aromatic heterocycles. The molecule has 1 atom stereocenters. The molecule has 0 saturated heterocycles. The second-order valence-corrected chi connectivity index (χ2v) is 4.84. The first kappa shape index (κ1) is 15.3. The molecular weight excluding hydrogens is 198 g/mol. The van der Waals surface area contributed by atoms with Crippen molar-refractivity contribution < 1.29 is 0 Å².